The second-order valence-corrected chi connectivity index (χ2v) is 19.8. The summed E-state index contributed by atoms with van der Waals surface area (Å²) < 4.78 is 5.04. The van der Waals surface area contributed by atoms with E-state index in [2.05, 4.69) is 264 Å². The van der Waals surface area contributed by atoms with E-state index in [1.165, 1.54) is 109 Å². The van der Waals surface area contributed by atoms with E-state index in [-0.39, 0.29) is 0 Å². The Balaban J connectivity index is 0.921. The first-order chi connectivity index (χ1) is 34.7. The second kappa shape index (κ2) is 15.1. The van der Waals surface area contributed by atoms with Crippen LogP contribution in [0.5, 0.6) is 0 Å². The van der Waals surface area contributed by atoms with Crippen LogP contribution in [0.1, 0.15) is 22.3 Å². The zero-order chi connectivity index (χ0) is 45.9. The molecule has 0 saturated carbocycles. The van der Waals surface area contributed by atoms with Crippen molar-refractivity contribution in [3.63, 3.8) is 0 Å². The van der Waals surface area contributed by atoms with Crippen molar-refractivity contribution in [2.24, 2.45) is 0 Å². The fraction of sp³-hybridized carbons (Fsp3) is 0.0149. The monoisotopic (exact) mass is 906 g/mol. The molecule has 15 rings (SSSR count). The van der Waals surface area contributed by atoms with Gasteiger partial charge in [0.2, 0.25) is 0 Å². The molecule has 2 heterocycles. The molecule has 0 radical (unpaired) electrons. The largest absolute Gasteiger partial charge is 0.310 e. The van der Waals surface area contributed by atoms with Gasteiger partial charge in [-0.25, -0.2) is 0 Å². The Labute approximate surface area is 410 Å². The molecule has 1 spiro atoms. The Morgan fingerprint density at radius 3 is 1.61 bits per heavy atom. The van der Waals surface area contributed by atoms with Crippen LogP contribution >= 0.6 is 11.3 Å². The first-order valence-electron chi connectivity index (χ1n) is 24.2. The van der Waals surface area contributed by atoms with Crippen molar-refractivity contribution in [3.05, 3.63) is 277 Å². The summed E-state index contributed by atoms with van der Waals surface area (Å²) in [5.41, 5.74) is 21.8. The maximum atomic E-state index is 2.49. The van der Waals surface area contributed by atoms with Crippen LogP contribution in [-0.2, 0) is 5.41 Å². The van der Waals surface area contributed by atoms with E-state index in [1.807, 2.05) is 11.3 Å². The smallest absolute Gasteiger partial charge is 0.0726 e. The molecule has 70 heavy (non-hydrogen) atoms. The van der Waals surface area contributed by atoms with Gasteiger partial charge in [-0.3, -0.25) is 0 Å². The number of hydrogen-bond donors (Lipinski definition) is 0. The van der Waals surface area contributed by atoms with Crippen molar-refractivity contribution in [3.8, 4) is 50.2 Å². The van der Waals surface area contributed by atoms with E-state index in [1.54, 1.807) is 0 Å². The lowest BCUT2D eigenvalue weighted by Crippen LogP contribution is -2.26. The molecule has 0 unspecified atom stereocenters. The van der Waals surface area contributed by atoms with Crippen LogP contribution in [-0.4, -0.2) is 4.57 Å². The average Bonchev–Trinajstić information content (AvgIpc) is 4.16. The van der Waals surface area contributed by atoms with Gasteiger partial charge in [-0.15, -0.1) is 11.3 Å². The Bertz CT molecular complexity index is 4190. The molecule has 2 aliphatic carbocycles. The molecule has 2 aromatic heterocycles. The Hall–Kier alpha value is -8.76. The summed E-state index contributed by atoms with van der Waals surface area (Å²) in [5.74, 6) is 0. The summed E-state index contributed by atoms with van der Waals surface area (Å²) in [5, 5.41) is 5.15. The summed E-state index contributed by atoms with van der Waals surface area (Å²) in [6, 6.07) is 94.7. The molecule has 2 aliphatic rings. The number of benzene rings is 11. The minimum absolute atomic E-state index is 0.447. The maximum absolute atomic E-state index is 2.49. The van der Waals surface area contributed by atoms with E-state index >= 15 is 0 Å². The van der Waals surface area contributed by atoms with Gasteiger partial charge in [0.25, 0.3) is 0 Å². The van der Waals surface area contributed by atoms with Crippen molar-refractivity contribution in [1.82, 2.24) is 4.57 Å². The molecule has 0 atom stereocenters. The van der Waals surface area contributed by atoms with Crippen LogP contribution in [0, 0.1) is 0 Å². The van der Waals surface area contributed by atoms with Gasteiger partial charge in [0.05, 0.1) is 22.1 Å². The van der Waals surface area contributed by atoms with Gasteiger partial charge in [-0.2, -0.15) is 0 Å². The van der Waals surface area contributed by atoms with Crippen LogP contribution in [0.4, 0.5) is 17.1 Å². The first-order valence-corrected chi connectivity index (χ1v) is 25.0. The lowest BCUT2D eigenvalue weighted by molar-refractivity contribution is 0.794. The Morgan fingerprint density at radius 2 is 0.871 bits per heavy atom. The van der Waals surface area contributed by atoms with E-state index in [0.717, 1.165) is 22.7 Å². The number of anilines is 3. The zero-order valence-electron chi connectivity index (χ0n) is 38.1. The normalized spacial score (nSPS) is 13.0. The lowest BCUT2D eigenvalue weighted by atomic mass is 9.70. The van der Waals surface area contributed by atoms with E-state index in [4.69, 9.17) is 0 Å². The standard InChI is InChI=1S/C67H42N2S/c1-2-16-46(17-3-1)69-60-28-12-7-22-55(60)65-49(23-14-29-61(65)69)44-34-39-48(40-35-44)68(47-37-32-43(33-38-47)45-36-41-53-52-20-8-13-31-63(52)70-64(53)42-45)62-30-15-27-59-66(62)54-21-6-11-26-58(54)67(59)56-24-9-4-18-50(56)51-19-5-10-25-57(51)67/h1-42H. The van der Waals surface area contributed by atoms with Gasteiger partial charge < -0.3 is 9.47 Å². The van der Waals surface area contributed by atoms with Crippen LogP contribution < -0.4 is 4.90 Å². The molecular weight excluding hydrogens is 865 g/mol. The van der Waals surface area contributed by atoms with E-state index < -0.39 is 5.41 Å². The lowest BCUT2D eigenvalue weighted by Gasteiger charge is -2.32. The summed E-state index contributed by atoms with van der Waals surface area (Å²) >= 11 is 1.87. The summed E-state index contributed by atoms with van der Waals surface area (Å²) in [4.78, 5) is 2.49. The molecule has 0 bridgehead atoms. The highest BCUT2D eigenvalue weighted by atomic mass is 32.1. The number of aromatic nitrogens is 1. The second-order valence-electron chi connectivity index (χ2n) is 18.7. The molecular formula is C67H42N2S. The topological polar surface area (TPSA) is 8.17 Å². The fourth-order valence-electron chi connectivity index (χ4n) is 12.4. The highest BCUT2D eigenvalue weighted by Crippen LogP contribution is 2.64. The third-order valence-electron chi connectivity index (χ3n) is 15.2. The van der Waals surface area contributed by atoms with Gasteiger partial charge >= 0.3 is 0 Å². The van der Waals surface area contributed by atoms with Gasteiger partial charge in [0, 0.05) is 53.6 Å². The predicted molar refractivity (Wildman–Crippen MR) is 296 cm³/mol. The molecule has 0 fully saturated rings. The average molecular weight is 907 g/mol. The SMILES string of the molecule is c1ccc(-n2c3ccccc3c3c(-c4ccc(N(c5ccc(-c6ccc7c(c6)sc6ccccc67)cc5)c5cccc6c5-c5ccccc5C65c6ccccc6-c6ccccc65)cc4)cccc32)cc1. The molecule has 326 valence electrons. The molecule has 0 saturated heterocycles. The molecule has 0 N–H and O–H groups in total. The Morgan fingerprint density at radius 1 is 0.343 bits per heavy atom. The summed E-state index contributed by atoms with van der Waals surface area (Å²) in [6.45, 7) is 0. The van der Waals surface area contributed by atoms with E-state index in [9.17, 15) is 0 Å². The third-order valence-corrected chi connectivity index (χ3v) is 16.4. The minimum atomic E-state index is -0.447. The zero-order valence-corrected chi connectivity index (χ0v) is 38.9. The molecule has 3 heteroatoms. The maximum Gasteiger partial charge on any atom is 0.0726 e. The number of rotatable bonds is 6. The molecule has 2 nitrogen and oxygen atoms in total. The van der Waals surface area contributed by atoms with Crippen molar-refractivity contribution < 1.29 is 0 Å². The van der Waals surface area contributed by atoms with Crippen molar-refractivity contribution >= 4 is 70.4 Å². The van der Waals surface area contributed by atoms with Gasteiger partial charge in [0.15, 0.2) is 0 Å². The van der Waals surface area contributed by atoms with Crippen molar-refractivity contribution in [1.29, 1.82) is 0 Å². The number of nitrogens with zero attached hydrogens (tertiary/aromatic N) is 2. The van der Waals surface area contributed by atoms with Crippen molar-refractivity contribution in [2.45, 2.75) is 5.41 Å². The Kier molecular flexibility index (Phi) is 8.48. The van der Waals surface area contributed by atoms with Crippen LogP contribution in [0.25, 0.3) is 92.2 Å². The van der Waals surface area contributed by atoms with Crippen LogP contribution in [0.15, 0.2) is 255 Å². The van der Waals surface area contributed by atoms with Crippen LogP contribution in [0.3, 0.4) is 0 Å². The quantitative estimate of drug-likeness (QED) is 0.161. The minimum Gasteiger partial charge on any atom is -0.310 e. The molecule has 0 aliphatic heterocycles. The highest BCUT2D eigenvalue weighted by Gasteiger charge is 2.52. The van der Waals surface area contributed by atoms with Gasteiger partial charge in [-0.1, -0.05) is 188 Å². The van der Waals surface area contributed by atoms with Crippen LogP contribution in [0.2, 0.25) is 0 Å². The predicted octanol–water partition coefficient (Wildman–Crippen LogP) is 18.3. The molecule has 0 amide bonds. The highest BCUT2D eigenvalue weighted by molar-refractivity contribution is 7.25. The summed E-state index contributed by atoms with van der Waals surface area (Å²) in [7, 11) is 0. The number of hydrogen-bond acceptors (Lipinski definition) is 2. The summed E-state index contributed by atoms with van der Waals surface area (Å²) in [6.07, 6.45) is 0. The fourth-order valence-corrected chi connectivity index (χ4v) is 13.5. The molecule has 11 aromatic carbocycles. The third kappa shape index (κ3) is 5.49. The molecule has 13 aromatic rings. The first kappa shape index (κ1) is 39.3. The number of fused-ring (bicyclic) bond motifs is 16. The van der Waals surface area contributed by atoms with Gasteiger partial charge in [-0.05, 0) is 128 Å². The number of para-hydroxylation sites is 2. The van der Waals surface area contributed by atoms with Gasteiger partial charge in [0.1, 0.15) is 0 Å². The van der Waals surface area contributed by atoms with Crippen molar-refractivity contribution in [2.75, 3.05) is 4.90 Å². The van der Waals surface area contributed by atoms with E-state index in [0.29, 0.717) is 0 Å². The number of thiophene rings is 1.